The van der Waals surface area contributed by atoms with Crippen molar-refractivity contribution in [2.24, 2.45) is 0 Å². The number of imide groups is 1. The van der Waals surface area contributed by atoms with Gasteiger partial charge in [0, 0.05) is 5.57 Å². The van der Waals surface area contributed by atoms with E-state index in [-0.39, 0.29) is 12.1 Å². The van der Waals surface area contributed by atoms with Crippen LogP contribution in [0.5, 0.6) is 0 Å². The lowest BCUT2D eigenvalue weighted by Gasteiger charge is -2.24. The Morgan fingerprint density at radius 1 is 1.44 bits per heavy atom. The number of rotatable bonds is 2. The minimum Gasteiger partial charge on any atom is -0.443 e. The average molecular weight is 223 g/mol. The molecule has 88 valence electrons. The lowest BCUT2D eigenvalue weighted by molar-refractivity contribution is -0.125. The highest BCUT2D eigenvalue weighted by Crippen LogP contribution is 2.11. The van der Waals surface area contributed by atoms with Gasteiger partial charge in [0.25, 0.3) is 5.91 Å². The van der Waals surface area contributed by atoms with Crippen LogP contribution in [0.2, 0.25) is 0 Å². The van der Waals surface area contributed by atoms with Gasteiger partial charge < -0.3 is 4.74 Å². The highest BCUT2D eigenvalue weighted by molar-refractivity contribution is 6.01. The predicted molar refractivity (Wildman–Crippen MR) is 61.6 cm³/mol. The van der Waals surface area contributed by atoms with E-state index in [4.69, 9.17) is 11.2 Å². The van der Waals surface area contributed by atoms with Gasteiger partial charge >= 0.3 is 6.09 Å². The molecule has 0 aromatic carbocycles. The summed E-state index contributed by atoms with van der Waals surface area (Å²) in [7, 11) is 0. The standard InChI is InChI=1S/C12H17NO3/c1-7-8-13(10(14)9(2)3)11(15)16-12(4,5)6/h1H,2,8H2,3-6H3. The SMILES string of the molecule is C#CCN(C(=O)OC(C)(C)C)C(=O)C(=C)C. The second-order valence-corrected chi connectivity index (χ2v) is 4.36. The Bertz CT molecular complexity index is 344. The van der Waals surface area contributed by atoms with E-state index >= 15 is 0 Å². The zero-order chi connectivity index (χ0) is 12.9. The Morgan fingerprint density at radius 2 is 1.94 bits per heavy atom. The third-order valence-corrected chi connectivity index (χ3v) is 1.47. The molecular formula is C12H17NO3. The Hall–Kier alpha value is -1.76. The summed E-state index contributed by atoms with van der Waals surface area (Å²) in [6, 6.07) is 0. The molecule has 0 bridgehead atoms. The normalized spacial score (nSPS) is 10.2. The summed E-state index contributed by atoms with van der Waals surface area (Å²) < 4.78 is 5.05. The first-order valence-electron chi connectivity index (χ1n) is 4.83. The number of hydrogen-bond donors (Lipinski definition) is 0. The predicted octanol–water partition coefficient (Wildman–Crippen LogP) is 1.96. The monoisotopic (exact) mass is 223 g/mol. The third-order valence-electron chi connectivity index (χ3n) is 1.47. The summed E-state index contributed by atoms with van der Waals surface area (Å²) in [6.45, 7) is 9.99. The van der Waals surface area contributed by atoms with Crippen LogP contribution in [-0.2, 0) is 9.53 Å². The molecule has 0 rings (SSSR count). The Labute approximate surface area is 96.3 Å². The molecule has 16 heavy (non-hydrogen) atoms. The second kappa shape index (κ2) is 5.36. The number of hydrogen-bond acceptors (Lipinski definition) is 3. The molecule has 0 N–H and O–H groups in total. The molecule has 0 aliphatic rings. The van der Waals surface area contributed by atoms with Crippen molar-refractivity contribution in [1.82, 2.24) is 4.90 Å². The van der Waals surface area contributed by atoms with Gasteiger partial charge in [-0.25, -0.2) is 9.69 Å². The van der Waals surface area contributed by atoms with Crippen LogP contribution >= 0.6 is 0 Å². The molecule has 0 fully saturated rings. The zero-order valence-corrected chi connectivity index (χ0v) is 10.2. The highest BCUT2D eigenvalue weighted by atomic mass is 16.6. The lowest BCUT2D eigenvalue weighted by atomic mass is 10.2. The van der Waals surface area contributed by atoms with Gasteiger partial charge in [-0.2, -0.15) is 0 Å². The van der Waals surface area contributed by atoms with Gasteiger partial charge in [-0.3, -0.25) is 4.79 Å². The minimum atomic E-state index is -0.751. The van der Waals surface area contributed by atoms with Gasteiger partial charge in [-0.1, -0.05) is 12.5 Å². The summed E-state index contributed by atoms with van der Waals surface area (Å²) in [5.74, 6) is 1.71. The maximum atomic E-state index is 11.6. The molecule has 0 spiro atoms. The van der Waals surface area contributed by atoms with Gasteiger partial charge in [-0.05, 0) is 27.7 Å². The van der Waals surface area contributed by atoms with Gasteiger partial charge in [0.15, 0.2) is 0 Å². The van der Waals surface area contributed by atoms with Crippen LogP contribution in [0.1, 0.15) is 27.7 Å². The number of carbonyl (C=O) groups is 2. The molecule has 0 aliphatic heterocycles. The Kier molecular flexibility index (Phi) is 4.77. The summed E-state index contributed by atoms with van der Waals surface area (Å²) in [5, 5.41) is 0. The molecule has 4 nitrogen and oxygen atoms in total. The number of terminal acetylenes is 1. The summed E-state index contributed by atoms with van der Waals surface area (Å²) >= 11 is 0. The first kappa shape index (κ1) is 14.2. The Morgan fingerprint density at radius 3 is 2.25 bits per heavy atom. The second-order valence-electron chi connectivity index (χ2n) is 4.36. The number of amides is 2. The molecule has 0 saturated heterocycles. The van der Waals surface area contributed by atoms with Crippen molar-refractivity contribution in [2.75, 3.05) is 6.54 Å². The van der Waals surface area contributed by atoms with E-state index in [2.05, 4.69) is 12.5 Å². The molecule has 0 aromatic heterocycles. The van der Waals surface area contributed by atoms with Crippen LogP contribution in [-0.4, -0.2) is 29.0 Å². The van der Waals surface area contributed by atoms with Crippen LogP contribution in [0.3, 0.4) is 0 Å². The first-order valence-corrected chi connectivity index (χ1v) is 4.83. The van der Waals surface area contributed by atoms with Gasteiger partial charge in [0.05, 0.1) is 6.54 Å². The fourth-order valence-electron chi connectivity index (χ4n) is 0.858. The number of ether oxygens (including phenoxy) is 1. The molecule has 4 heteroatoms. The van der Waals surface area contributed by atoms with Crippen LogP contribution in [0.25, 0.3) is 0 Å². The molecular weight excluding hydrogens is 206 g/mol. The molecule has 0 unspecified atom stereocenters. The Balaban J connectivity index is 4.81. The van der Waals surface area contributed by atoms with Crippen molar-refractivity contribution in [1.29, 1.82) is 0 Å². The largest absolute Gasteiger partial charge is 0.443 e. The maximum Gasteiger partial charge on any atom is 0.418 e. The lowest BCUT2D eigenvalue weighted by Crippen LogP contribution is -2.41. The van der Waals surface area contributed by atoms with Crippen LogP contribution < -0.4 is 0 Å². The van der Waals surface area contributed by atoms with Crippen LogP contribution in [0, 0.1) is 12.3 Å². The van der Waals surface area contributed by atoms with E-state index in [0.29, 0.717) is 0 Å². The molecule has 0 saturated carbocycles. The molecule has 2 amide bonds. The van der Waals surface area contributed by atoms with E-state index in [1.807, 2.05) is 0 Å². The quantitative estimate of drug-likeness (QED) is 0.531. The summed E-state index contributed by atoms with van der Waals surface area (Å²) in [4.78, 5) is 24.1. The van der Waals surface area contributed by atoms with E-state index in [9.17, 15) is 9.59 Å². The van der Waals surface area contributed by atoms with Crippen LogP contribution in [0.15, 0.2) is 12.2 Å². The van der Waals surface area contributed by atoms with Gasteiger partial charge in [-0.15, -0.1) is 6.42 Å². The van der Waals surface area contributed by atoms with E-state index in [1.165, 1.54) is 6.92 Å². The highest BCUT2D eigenvalue weighted by Gasteiger charge is 2.26. The summed E-state index contributed by atoms with van der Waals surface area (Å²) in [6.07, 6.45) is 4.34. The fourth-order valence-corrected chi connectivity index (χ4v) is 0.858. The minimum absolute atomic E-state index is 0.124. The van der Waals surface area contributed by atoms with Gasteiger partial charge in [0.1, 0.15) is 5.60 Å². The van der Waals surface area contributed by atoms with E-state index in [1.54, 1.807) is 20.8 Å². The third kappa shape index (κ3) is 4.65. The first-order chi connectivity index (χ1) is 7.19. The van der Waals surface area contributed by atoms with Crippen molar-refractivity contribution in [2.45, 2.75) is 33.3 Å². The summed E-state index contributed by atoms with van der Waals surface area (Å²) in [5.41, 5.74) is -0.430. The molecule has 0 radical (unpaired) electrons. The zero-order valence-electron chi connectivity index (χ0n) is 10.2. The fraction of sp³-hybridized carbons (Fsp3) is 0.500. The number of nitrogens with zero attached hydrogens (tertiary/aromatic N) is 1. The van der Waals surface area contributed by atoms with Crippen molar-refractivity contribution in [3.63, 3.8) is 0 Å². The topological polar surface area (TPSA) is 46.6 Å². The molecule has 0 atom stereocenters. The van der Waals surface area contributed by atoms with Crippen molar-refractivity contribution < 1.29 is 14.3 Å². The van der Waals surface area contributed by atoms with Crippen LogP contribution in [0.4, 0.5) is 4.79 Å². The molecule has 0 aliphatic carbocycles. The van der Waals surface area contributed by atoms with Crippen molar-refractivity contribution >= 4 is 12.0 Å². The van der Waals surface area contributed by atoms with Crippen molar-refractivity contribution in [3.05, 3.63) is 12.2 Å². The van der Waals surface area contributed by atoms with E-state index in [0.717, 1.165) is 4.90 Å². The molecule has 0 aromatic rings. The molecule has 0 heterocycles. The number of carbonyl (C=O) groups excluding carboxylic acids is 2. The van der Waals surface area contributed by atoms with Crippen molar-refractivity contribution in [3.8, 4) is 12.3 Å². The van der Waals surface area contributed by atoms with Gasteiger partial charge in [0.2, 0.25) is 0 Å². The maximum absolute atomic E-state index is 11.6. The average Bonchev–Trinajstić information content (AvgIpc) is 2.09. The van der Waals surface area contributed by atoms with E-state index < -0.39 is 17.6 Å². The smallest absolute Gasteiger partial charge is 0.418 e.